The van der Waals surface area contributed by atoms with Gasteiger partial charge in [-0.1, -0.05) is 47.2 Å². The molecule has 1 unspecified atom stereocenters. The SMILES string of the molecule is C#CCSc1nnc(N2C(N)=C(C#N)C(c3ccccc3OCC)C3=C2CCCC3=O)s1. The van der Waals surface area contributed by atoms with Gasteiger partial charge < -0.3 is 10.5 Å². The molecule has 0 bridgehead atoms. The van der Waals surface area contributed by atoms with Crippen molar-refractivity contribution in [3.05, 3.63) is 52.5 Å². The molecule has 1 aliphatic heterocycles. The second-order valence-electron chi connectivity index (χ2n) is 7.13. The van der Waals surface area contributed by atoms with E-state index in [9.17, 15) is 10.1 Å². The summed E-state index contributed by atoms with van der Waals surface area (Å²) in [7, 11) is 0. The van der Waals surface area contributed by atoms with Gasteiger partial charge in [0, 0.05) is 23.3 Å². The first-order chi connectivity index (χ1) is 15.6. The number of nitriles is 1. The van der Waals surface area contributed by atoms with Gasteiger partial charge in [0.25, 0.3) is 0 Å². The Hall–Kier alpha value is -3.27. The highest BCUT2D eigenvalue weighted by molar-refractivity contribution is 8.01. The average molecular weight is 464 g/mol. The van der Waals surface area contributed by atoms with Crippen LogP contribution in [0.15, 0.2) is 51.3 Å². The fraction of sp³-hybridized carbons (Fsp3) is 0.304. The van der Waals surface area contributed by atoms with Crippen molar-refractivity contribution in [2.24, 2.45) is 5.73 Å². The second kappa shape index (κ2) is 9.47. The molecule has 7 nitrogen and oxygen atoms in total. The Bertz CT molecular complexity index is 1200. The van der Waals surface area contributed by atoms with Gasteiger partial charge in [0.05, 0.1) is 29.9 Å². The third kappa shape index (κ3) is 3.86. The van der Waals surface area contributed by atoms with Crippen LogP contribution in [-0.4, -0.2) is 28.3 Å². The van der Waals surface area contributed by atoms with Gasteiger partial charge >= 0.3 is 0 Å². The van der Waals surface area contributed by atoms with Crippen LogP contribution in [0, 0.1) is 23.7 Å². The lowest BCUT2D eigenvalue weighted by Gasteiger charge is -2.38. The molecular weight excluding hydrogens is 442 g/mol. The number of thioether (sulfide) groups is 1. The number of allylic oxidation sites excluding steroid dienone is 3. The summed E-state index contributed by atoms with van der Waals surface area (Å²) in [6, 6.07) is 9.75. The molecule has 2 aromatic rings. The lowest BCUT2D eigenvalue weighted by molar-refractivity contribution is -0.116. The zero-order chi connectivity index (χ0) is 22.7. The van der Waals surface area contributed by atoms with Crippen molar-refractivity contribution in [1.82, 2.24) is 10.2 Å². The van der Waals surface area contributed by atoms with Crippen molar-refractivity contribution >= 4 is 34.0 Å². The molecule has 2 N–H and O–H groups in total. The minimum absolute atomic E-state index is 0.0132. The molecular formula is C23H21N5O2S2. The van der Waals surface area contributed by atoms with Crippen molar-refractivity contribution in [3.8, 4) is 24.2 Å². The molecule has 9 heteroatoms. The van der Waals surface area contributed by atoms with Crippen LogP contribution in [0.5, 0.6) is 5.75 Å². The van der Waals surface area contributed by atoms with Crippen LogP contribution in [0.25, 0.3) is 0 Å². The number of nitrogens with zero attached hydrogens (tertiary/aromatic N) is 4. The number of ketones is 1. The third-order valence-corrected chi connectivity index (χ3v) is 7.26. The summed E-state index contributed by atoms with van der Waals surface area (Å²) in [4.78, 5) is 14.9. The van der Waals surface area contributed by atoms with E-state index in [-0.39, 0.29) is 11.6 Å². The molecule has 4 rings (SSSR count). The number of hydrogen-bond acceptors (Lipinski definition) is 9. The van der Waals surface area contributed by atoms with Crippen LogP contribution in [0.3, 0.4) is 0 Å². The molecule has 1 atom stereocenters. The van der Waals surface area contributed by atoms with Gasteiger partial charge in [0.2, 0.25) is 5.13 Å². The first-order valence-corrected chi connectivity index (χ1v) is 12.0. The Balaban J connectivity index is 1.89. The first kappa shape index (κ1) is 21.9. The monoisotopic (exact) mass is 463 g/mol. The van der Waals surface area contributed by atoms with Crippen LogP contribution < -0.4 is 15.4 Å². The quantitative estimate of drug-likeness (QED) is 0.507. The molecule has 2 aliphatic rings. The highest BCUT2D eigenvalue weighted by atomic mass is 32.2. The third-order valence-electron chi connectivity index (χ3n) is 5.31. The highest BCUT2D eigenvalue weighted by Crippen LogP contribution is 2.48. The van der Waals surface area contributed by atoms with Gasteiger partial charge in [-0.25, -0.2) is 0 Å². The molecule has 0 saturated carbocycles. The summed E-state index contributed by atoms with van der Waals surface area (Å²) in [5, 5.41) is 19.1. The molecule has 1 aromatic heterocycles. The van der Waals surface area contributed by atoms with Gasteiger partial charge in [0.1, 0.15) is 11.6 Å². The van der Waals surface area contributed by atoms with E-state index in [1.165, 1.54) is 23.1 Å². The summed E-state index contributed by atoms with van der Waals surface area (Å²) in [5.41, 5.74) is 9.01. The van der Waals surface area contributed by atoms with Crippen molar-refractivity contribution in [1.29, 1.82) is 5.26 Å². The maximum atomic E-state index is 13.2. The zero-order valence-corrected chi connectivity index (χ0v) is 19.1. The van der Waals surface area contributed by atoms with E-state index in [4.69, 9.17) is 16.9 Å². The largest absolute Gasteiger partial charge is 0.494 e. The molecule has 0 spiro atoms. The Morgan fingerprint density at radius 1 is 1.38 bits per heavy atom. The topological polar surface area (TPSA) is 105 Å². The van der Waals surface area contributed by atoms with Crippen molar-refractivity contribution in [3.63, 3.8) is 0 Å². The van der Waals surface area contributed by atoms with E-state index in [2.05, 4.69) is 22.2 Å². The van der Waals surface area contributed by atoms with E-state index in [0.29, 0.717) is 58.0 Å². The molecule has 0 radical (unpaired) electrons. The molecule has 0 fully saturated rings. The first-order valence-electron chi connectivity index (χ1n) is 10.2. The number of anilines is 1. The number of terminal acetylenes is 1. The van der Waals surface area contributed by atoms with Crippen LogP contribution in [-0.2, 0) is 4.79 Å². The standard InChI is InChI=1S/C23H21N5O2S2/c1-3-12-31-23-27-26-22(32-23)28-16-9-7-10-17(29)20(16)19(15(13-24)21(28)25)14-8-5-6-11-18(14)30-4-2/h1,5-6,8,11,19H,4,7,9-10,12,25H2,2H3. The van der Waals surface area contributed by atoms with E-state index in [1.54, 1.807) is 4.90 Å². The average Bonchev–Trinajstić information content (AvgIpc) is 3.26. The number of hydrogen-bond donors (Lipinski definition) is 1. The highest BCUT2D eigenvalue weighted by Gasteiger charge is 2.42. The summed E-state index contributed by atoms with van der Waals surface area (Å²) in [6.07, 6.45) is 7.14. The Morgan fingerprint density at radius 2 is 2.19 bits per heavy atom. The van der Waals surface area contributed by atoms with Crippen LogP contribution in [0.4, 0.5) is 5.13 Å². The molecule has 162 valence electrons. The molecule has 2 heterocycles. The summed E-state index contributed by atoms with van der Waals surface area (Å²) in [5.74, 6) is 3.39. The molecule has 0 amide bonds. The van der Waals surface area contributed by atoms with E-state index in [1.807, 2.05) is 31.2 Å². The summed E-state index contributed by atoms with van der Waals surface area (Å²) >= 11 is 2.75. The number of aromatic nitrogens is 2. The molecule has 0 saturated heterocycles. The number of rotatable bonds is 6. The minimum atomic E-state index is -0.579. The second-order valence-corrected chi connectivity index (χ2v) is 9.31. The number of para-hydroxylation sites is 1. The van der Waals surface area contributed by atoms with Crippen molar-refractivity contribution in [2.45, 2.75) is 36.4 Å². The number of carbonyl (C=O) groups excluding carboxylic acids is 1. The fourth-order valence-electron chi connectivity index (χ4n) is 4.08. The van der Waals surface area contributed by atoms with Crippen LogP contribution in [0.2, 0.25) is 0 Å². The lowest BCUT2D eigenvalue weighted by Crippen LogP contribution is -2.38. The van der Waals surface area contributed by atoms with E-state index in [0.717, 1.165) is 11.3 Å². The Labute approximate surface area is 195 Å². The van der Waals surface area contributed by atoms with Gasteiger partial charge in [0.15, 0.2) is 10.1 Å². The predicted octanol–water partition coefficient (Wildman–Crippen LogP) is 3.97. The number of benzene rings is 1. The summed E-state index contributed by atoms with van der Waals surface area (Å²) in [6.45, 7) is 2.37. The maximum absolute atomic E-state index is 13.2. The summed E-state index contributed by atoms with van der Waals surface area (Å²) < 4.78 is 6.53. The zero-order valence-electron chi connectivity index (χ0n) is 17.5. The van der Waals surface area contributed by atoms with Crippen LogP contribution in [0.1, 0.15) is 37.7 Å². The van der Waals surface area contributed by atoms with Gasteiger partial charge in [-0.2, -0.15) is 5.26 Å². The van der Waals surface area contributed by atoms with E-state index >= 15 is 0 Å². The number of carbonyl (C=O) groups is 1. The Morgan fingerprint density at radius 3 is 2.94 bits per heavy atom. The van der Waals surface area contributed by atoms with E-state index < -0.39 is 5.92 Å². The maximum Gasteiger partial charge on any atom is 0.219 e. The van der Waals surface area contributed by atoms with Gasteiger partial charge in [-0.05, 0) is 25.8 Å². The van der Waals surface area contributed by atoms with Gasteiger partial charge in [-0.3, -0.25) is 9.69 Å². The normalized spacial score (nSPS) is 18.3. The smallest absolute Gasteiger partial charge is 0.219 e. The molecule has 32 heavy (non-hydrogen) atoms. The number of Topliss-reactive ketones (excluding diaryl/α,β-unsaturated/α-hetero) is 1. The molecule has 1 aromatic carbocycles. The van der Waals surface area contributed by atoms with Crippen molar-refractivity contribution < 1.29 is 9.53 Å². The van der Waals surface area contributed by atoms with Gasteiger partial charge in [-0.15, -0.1) is 16.6 Å². The number of ether oxygens (including phenoxy) is 1. The number of nitrogens with two attached hydrogens (primary N) is 1. The minimum Gasteiger partial charge on any atom is -0.494 e. The lowest BCUT2D eigenvalue weighted by atomic mass is 9.75. The van der Waals surface area contributed by atoms with Crippen molar-refractivity contribution in [2.75, 3.05) is 17.3 Å². The fourth-order valence-corrected chi connectivity index (χ4v) is 5.64. The van der Waals surface area contributed by atoms with Crippen LogP contribution >= 0.6 is 23.1 Å². The Kier molecular flexibility index (Phi) is 6.50. The predicted molar refractivity (Wildman–Crippen MR) is 125 cm³/mol. The molecule has 1 aliphatic carbocycles.